The maximum absolute atomic E-state index is 5.28. The van der Waals surface area contributed by atoms with Gasteiger partial charge in [-0.3, -0.25) is 8.97 Å². The maximum atomic E-state index is 5.28. The van der Waals surface area contributed by atoms with E-state index in [9.17, 15) is 0 Å². The van der Waals surface area contributed by atoms with E-state index in [0.29, 0.717) is 0 Å². The zero-order valence-electron chi connectivity index (χ0n) is 28.3. The number of aromatic nitrogens is 4. The van der Waals surface area contributed by atoms with Gasteiger partial charge >= 0.3 is 0 Å². The number of para-hydroxylation sites is 3. The normalized spacial score (nSPS) is 11.5. The van der Waals surface area contributed by atoms with E-state index in [-0.39, 0.29) is 0 Å². The van der Waals surface area contributed by atoms with Gasteiger partial charge in [0.15, 0.2) is 0 Å². The van der Waals surface area contributed by atoms with Gasteiger partial charge in [-0.05, 0) is 93.7 Å². The fourth-order valence-electron chi connectivity index (χ4n) is 7.53. The number of pyridine rings is 1. The molecule has 10 aromatic rings. The lowest BCUT2D eigenvalue weighted by atomic mass is 9.92. The molecule has 3 heterocycles. The molecule has 0 bridgehead atoms. The Hall–Kier alpha value is -7.04. The summed E-state index contributed by atoms with van der Waals surface area (Å²) in [7, 11) is 0. The standard InChI is InChI=1S/C48H32N4/c1-3-16-34(17-4-1)46-47(51-28-12-11-27-45(51)50-46)36-20-13-19-35(29-36)37-30-38(42-24-14-18-33-15-7-8-23-41(33)42)32-39(31-37)48-49-43-25-9-10-26-44(43)52(48)40-21-5-2-6-22-40/h1-32H. The lowest BCUT2D eigenvalue weighted by molar-refractivity contribution is 1.10. The van der Waals surface area contributed by atoms with Crippen molar-refractivity contribution in [3.63, 3.8) is 0 Å². The van der Waals surface area contributed by atoms with E-state index in [4.69, 9.17) is 9.97 Å². The van der Waals surface area contributed by atoms with Crippen molar-refractivity contribution in [2.45, 2.75) is 0 Å². The van der Waals surface area contributed by atoms with Crippen molar-refractivity contribution in [1.82, 2.24) is 18.9 Å². The summed E-state index contributed by atoms with van der Waals surface area (Å²) in [6.45, 7) is 0. The van der Waals surface area contributed by atoms with Gasteiger partial charge < -0.3 is 0 Å². The number of hydrogen-bond donors (Lipinski definition) is 0. The van der Waals surface area contributed by atoms with Crippen LogP contribution in [0.25, 0.3) is 89.3 Å². The van der Waals surface area contributed by atoms with Gasteiger partial charge in [0.1, 0.15) is 11.5 Å². The van der Waals surface area contributed by atoms with Gasteiger partial charge in [0, 0.05) is 28.6 Å². The van der Waals surface area contributed by atoms with Gasteiger partial charge in [-0.2, -0.15) is 0 Å². The molecule has 0 fully saturated rings. The fourth-order valence-corrected chi connectivity index (χ4v) is 7.53. The lowest BCUT2D eigenvalue weighted by Gasteiger charge is -2.15. The minimum atomic E-state index is 0.903. The summed E-state index contributed by atoms with van der Waals surface area (Å²) in [4.78, 5) is 10.4. The van der Waals surface area contributed by atoms with Crippen molar-refractivity contribution in [3.05, 3.63) is 194 Å². The Bertz CT molecular complexity index is 2900. The van der Waals surface area contributed by atoms with Crippen LogP contribution in [0.2, 0.25) is 0 Å². The van der Waals surface area contributed by atoms with Gasteiger partial charge in [-0.1, -0.05) is 127 Å². The fraction of sp³-hybridized carbons (Fsp3) is 0. The molecule has 0 saturated carbocycles. The van der Waals surface area contributed by atoms with Gasteiger partial charge in [0.2, 0.25) is 0 Å². The number of imidazole rings is 2. The Morgan fingerprint density at radius 1 is 0.423 bits per heavy atom. The SMILES string of the molecule is c1ccc(-c2nc3ccccn3c2-c2cccc(-c3cc(-c4cccc5ccccc45)cc(-c4nc5ccccc5n4-c4ccccc4)c3)c2)cc1. The average Bonchev–Trinajstić information content (AvgIpc) is 3.81. The Morgan fingerprint density at radius 2 is 1.08 bits per heavy atom. The smallest absolute Gasteiger partial charge is 0.145 e. The topological polar surface area (TPSA) is 35.1 Å². The van der Waals surface area contributed by atoms with E-state index in [1.54, 1.807) is 0 Å². The zero-order chi connectivity index (χ0) is 34.4. The molecule has 0 spiro atoms. The average molecular weight is 665 g/mol. The summed E-state index contributed by atoms with van der Waals surface area (Å²) >= 11 is 0. The van der Waals surface area contributed by atoms with Gasteiger partial charge in [-0.15, -0.1) is 0 Å². The summed E-state index contributed by atoms with van der Waals surface area (Å²) in [5, 5.41) is 2.43. The van der Waals surface area contributed by atoms with E-state index in [2.05, 4.69) is 191 Å². The molecule has 0 amide bonds. The third kappa shape index (κ3) is 5.09. The first-order chi connectivity index (χ1) is 25.8. The van der Waals surface area contributed by atoms with E-state index in [0.717, 1.165) is 73.0 Å². The molecule has 0 aliphatic carbocycles. The van der Waals surface area contributed by atoms with Crippen molar-refractivity contribution in [2.75, 3.05) is 0 Å². The second-order valence-corrected chi connectivity index (χ2v) is 13.1. The largest absolute Gasteiger partial charge is 0.299 e. The molecule has 7 aromatic carbocycles. The van der Waals surface area contributed by atoms with Crippen molar-refractivity contribution >= 4 is 27.5 Å². The van der Waals surface area contributed by atoms with Crippen LogP contribution in [0.4, 0.5) is 0 Å². The number of benzene rings is 7. The summed E-state index contributed by atoms with van der Waals surface area (Å²) in [6, 6.07) is 66.5. The molecule has 52 heavy (non-hydrogen) atoms. The van der Waals surface area contributed by atoms with Crippen LogP contribution in [0.5, 0.6) is 0 Å². The predicted molar refractivity (Wildman–Crippen MR) is 215 cm³/mol. The first-order valence-corrected chi connectivity index (χ1v) is 17.6. The monoisotopic (exact) mass is 664 g/mol. The van der Waals surface area contributed by atoms with Crippen LogP contribution in [0.3, 0.4) is 0 Å². The Kier molecular flexibility index (Phi) is 7.10. The lowest BCUT2D eigenvalue weighted by Crippen LogP contribution is -1.98. The highest BCUT2D eigenvalue weighted by atomic mass is 15.1. The molecule has 10 rings (SSSR count). The van der Waals surface area contributed by atoms with Crippen molar-refractivity contribution in [3.8, 4) is 61.8 Å². The molecule has 3 aromatic heterocycles. The molecule has 0 aliphatic rings. The third-order valence-corrected chi connectivity index (χ3v) is 9.91. The molecule has 4 nitrogen and oxygen atoms in total. The second kappa shape index (κ2) is 12.4. The Balaban J connectivity index is 1.22. The van der Waals surface area contributed by atoms with Crippen LogP contribution < -0.4 is 0 Å². The molecular weight excluding hydrogens is 633 g/mol. The highest BCUT2D eigenvalue weighted by molar-refractivity contribution is 5.98. The number of rotatable bonds is 6. The minimum Gasteiger partial charge on any atom is -0.299 e. The summed E-state index contributed by atoms with van der Waals surface area (Å²) in [5.41, 5.74) is 13.9. The van der Waals surface area contributed by atoms with Crippen molar-refractivity contribution < 1.29 is 0 Å². The van der Waals surface area contributed by atoms with E-state index in [1.165, 1.54) is 16.3 Å². The van der Waals surface area contributed by atoms with Crippen LogP contribution >= 0.6 is 0 Å². The van der Waals surface area contributed by atoms with Gasteiger partial charge in [0.05, 0.1) is 22.4 Å². The third-order valence-electron chi connectivity index (χ3n) is 9.91. The molecule has 0 radical (unpaired) electrons. The van der Waals surface area contributed by atoms with Crippen LogP contribution in [0.1, 0.15) is 0 Å². The molecule has 4 heteroatoms. The number of fused-ring (bicyclic) bond motifs is 3. The Labute approximate surface area is 301 Å². The quantitative estimate of drug-likeness (QED) is 0.177. The van der Waals surface area contributed by atoms with Crippen LogP contribution in [-0.2, 0) is 0 Å². The molecule has 0 saturated heterocycles. The molecular formula is C48H32N4. The molecule has 0 aliphatic heterocycles. The highest BCUT2D eigenvalue weighted by Crippen LogP contribution is 2.39. The summed E-state index contributed by atoms with van der Waals surface area (Å²) < 4.78 is 4.48. The molecule has 0 unspecified atom stereocenters. The van der Waals surface area contributed by atoms with E-state index in [1.807, 2.05) is 12.1 Å². The van der Waals surface area contributed by atoms with Crippen LogP contribution in [-0.4, -0.2) is 18.9 Å². The predicted octanol–water partition coefficient (Wildman–Crippen LogP) is 12.2. The van der Waals surface area contributed by atoms with E-state index < -0.39 is 0 Å². The van der Waals surface area contributed by atoms with Gasteiger partial charge in [-0.25, -0.2) is 9.97 Å². The van der Waals surface area contributed by atoms with Crippen LogP contribution in [0.15, 0.2) is 194 Å². The van der Waals surface area contributed by atoms with Crippen LogP contribution in [0, 0.1) is 0 Å². The minimum absolute atomic E-state index is 0.903. The zero-order valence-corrected chi connectivity index (χ0v) is 28.3. The molecule has 0 atom stereocenters. The van der Waals surface area contributed by atoms with Crippen molar-refractivity contribution in [2.24, 2.45) is 0 Å². The second-order valence-electron chi connectivity index (χ2n) is 13.1. The maximum Gasteiger partial charge on any atom is 0.145 e. The van der Waals surface area contributed by atoms with Crippen molar-refractivity contribution in [1.29, 1.82) is 0 Å². The van der Waals surface area contributed by atoms with Gasteiger partial charge in [0.25, 0.3) is 0 Å². The number of hydrogen-bond acceptors (Lipinski definition) is 2. The number of nitrogens with zero attached hydrogens (tertiary/aromatic N) is 4. The summed E-state index contributed by atoms with van der Waals surface area (Å²) in [6.07, 6.45) is 2.10. The highest BCUT2D eigenvalue weighted by Gasteiger charge is 2.19. The molecule has 0 N–H and O–H groups in total. The first kappa shape index (κ1) is 29.8. The summed E-state index contributed by atoms with van der Waals surface area (Å²) in [5.74, 6) is 0.903. The Morgan fingerprint density at radius 3 is 1.98 bits per heavy atom. The van der Waals surface area contributed by atoms with E-state index >= 15 is 0 Å². The molecule has 244 valence electrons. The first-order valence-electron chi connectivity index (χ1n) is 17.6.